The minimum Gasteiger partial charge on any atom is -0.495 e. The molecule has 0 saturated carbocycles. The monoisotopic (exact) mass is 511 g/mol. The van der Waals surface area contributed by atoms with Gasteiger partial charge in [0, 0.05) is 30.6 Å². The molecule has 3 rings (SSSR count). The number of nitrogens with one attached hydrogen (secondary N) is 2. The number of methoxy groups -OCH3 is 1. The third kappa shape index (κ3) is 7.12. The van der Waals surface area contributed by atoms with Crippen LogP contribution in [0.15, 0.2) is 71.9 Å². The summed E-state index contributed by atoms with van der Waals surface area (Å²) in [6.45, 7) is 0.0128. The van der Waals surface area contributed by atoms with Crippen molar-refractivity contribution in [2.24, 2.45) is 0 Å². The number of amides is 2. The van der Waals surface area contributed by atoms with Crippen molar-refractivity contribution >= 4 is 34.3 Å². The fourth-order valence-electron chi connectivity index (χ4n) is 2.64. The van der Waals surface area contributed by atoms with Crippen LogP contribution in [0.5, 0.6) is 17.2 Å². The third-order valence-electron chi connectivity index (χ3n) is 4.16. The number of ether oxygens (including phenoxy) is 2. The summed E-state index contributed by atoms with van der Waals surface area (Å²) in [5, 5.41) is 4.81. The predicted molar refractivity (Wildman–Crippen MR) is 118 cm³/mol. The van der Waals surface area contributed by atoms with Crippen molar-refractivity contribution in [3.05, 3.63) is 72.6 Å². The van der Waals surface area contributed by atoms with Crippen LogP contribution in [0.3, 0.4) is 0 Å². The van der Waals surface area contributed by atoms with E-state index in [4.69, 9.17) is 9.47 Å². The average molecular weight is 512 g/mol. The van der Waals surface area contributed by atoms with E-state index in [2.05, 4.69) is 15.6 Å². The molecule has 2 N–H and O–H groups in total. The van der Waals surface area contributed by atoms with Crippen LogP contribution in [0.1, 0.15) is 5.56 Å². The summed E-state index contributed by atoms with van der Waals surface area (Å²) in [6.07, 6.45) is 3.11. The normalized spacial score (nSPS) is 13.0. The fourth-order valence-corrected chi connectivity index (χ4v) is 3.29. The van der Waals surface area contributed by atoms with Gasteiger partial charge in [0.25, 0.3) is 0 Å². The Balaban J connectivity index is 0.00000385. The van der Waals surface area contributed by atoms with Gasteiger partial charge in [-0.1, -0.05) is 37.6 Å². The Labute approximate surface area is 192 Å². The minimum atomic E-state index is -9.88. The molecule has 3 aromatic rings. The number of benzene rings is 2. The summed E-state index contributed by atoms with van der Waals surface area (Å²) in [6, 6.07) is 10.4. The number of hydrogen-bond donors (Lipinski definition) is 2. The third-order valence-corrected chi connectivity index (χ3v) is 5.30. The lowest BCUT2D eigenvalue weighted by Crippen LogP contribution is -2.28. The Hall–Kier alpha value is -3.25. The van der Waals surface area contributed by atoms with E-state index in [1.54, 1.807) is 48.8 Å². The van der Waals surface area contributed by atoms with Crippen LogP contribution in [-0.2, 0) is 6.54 Å². The molecule has 0 unspecified atom stereocenters. The quantitative estimate of drug-likeness (QED) is 0.327. The number of para-hydroxylation sites is 1. The highest BCUT2D eigenvalue weighted by Crippen LogP contribution is 3.02. The fraction of sp³-hybridized carbons (Fsp3) is 0.100. The van der Waals surface area contributed by atoms with Gasteiger partial charge in [-0.15, -0.1) is 12.4 Å². The van der Waals surface area contributed by atoms with Gasteiger partial charge in [-0.25, -0.2) is 4.79 Å². The first kappa shape index (κ1) is 26.0. The van der Waals surface area contributed by atoms with Gasteiger partial charge in [0.15, 0.2) is 0 Å². The molecular weight excluding hydrogens is 493 g/mol. The molecule has 180 valence electrons. The summed E-state index contributed by atoms with van der Waals surface area (Å²) >= 11 is 0. The number of hydrogen-bond acceptors (Lipinski definition) is 4. The first-order chi connectivity index (χ1) is 14.9. The molecule has 0 aliphatic heterocycles. The van der Waals surface area contributed by atoms with E-state index in [9.17, 15) is 24.2 Å². The highest BCUT2D eigenvalue weighted by atomic mass is 35.5. The zero-order valence-corrected chi connectivity index (χ0v) is 18.6. The zero-order valence-electron chi connectivity index (χ0n) is 16.9. The second kappa shape index (κ2) is 8.94. The van der Waals surface area contributed by atoms with Crippen LogP contribution in [0.25, 0.3) is 0 Å². The van der Waals surface area contributed by atoms with Crippen molar-refractivity contribution in [3.63, 3.8) is 0 Å². The molecule has 0 aliphatic rings. The smallest absolute Gasteiger partial charge is 0.319 e. The number of anilines is 1. The number of rotatable bonds is 7. The lowest BCUT2D eigenvalue weighted by atomic mass is 10.2. The molecule has 33 heavy (non-hydrogen) atoms. The van der Waals surface area contributed by atoms with Gasteiger partial charge in [0.1, 0.15) is 22.1 Å². The molecule has 0 spiro atoms. The van der Waals surface area contributed by atoms with Gasteiger partial charge >= 0.3 is 16.3 Å². The highest BCUT2D eigenvalue weighted by molar-refractivity contribution is 8.45. The molecule has 0 atom stereocenters. The van der Waals surface area contributed by atoms with E-state index < -0.39 is 26.9 Å². The summed E-state index contributed by atoms with van der Waals surface area (Å²) in [7, 11) is -8.88. The molecule has 0 radical (unpaired) electrons. The molecule has 13 heteroatoms. The number of nitrogens with zero attached hydrogens (tertiary/aromatic N) is 1. The molecule has 0 fully saturated rings. The number of pyridine rings is 1. The number of aromatic nitrogens is 1. The van der Waals surface area contributed by atoms with E-state index >= 15 is 0 Å². The summed E-state index contributed by atoms with van der Waals surface area (Å²) in [5.41, 5.74) is 0.402. The van der Waals surface area contributed by atoms with E-state index in [0.717, 1.165) is 7.11 Å². The van der Waals surface area contributed by atoms with Gasteiger partial charge in [-0.05, 0) is 30.3 Å². The van der Waals surface area contributed by atoms with Crippen LogP contribution in [-0.4, -0.2) is 18.1 Å². The Morgan fingerprint density at radius 1 is 0.970 bits per heavy atom. The van der Waals surface area contributed by atoms with E-state index in [1.807, 2.05) is 0 Å². The lowest BCUT2D eigenvalue weighted by Gasteiger charge is -2.40. The van der Waals surface area contributed by atoms with Crippen LogP contribution in [0.2, 0.25) is 0 Å². The lowest BCUT2D eigenvalue weighted by molar-refractivity contribution is 0.251. The standard InChI is InChI=1S/C20H18F5N3O3S.ClH/c1-30-19-12-16(32(21,22,23,24)25)6-7-17(19)28-20(29)27-13-14-4-2-3-5-18(14)31-15-8-10-26-11-9-15;/h2-12H,13H2,1H3,(H2,27,28,29);1H. The van der Waals surface area contributed by atoms with Crippen molar-refractivity contribution in [1.82, 2.24) is 10.3 Å². The van der Waals surface area contributed by atoms with Crippen molar-refractivity contribution in [3.8, 4) is 17.2 Å². The highest BCUT2D eigenvalue weighted by Gasteiger charge is 2.65. The van der Waals surface area contributed by atoms with Crippen molar-refractivity contribution < 1.29 is 33.7 Å². The van der Waals surface area contributed by atoms with E-state index in [0.29, 0.717) is 23.1 Å². The van der Waals surface area contributed by atoms with Gasteiger partial charge in [-0.3, -0.25) is 4.98 Å². The van der Waals surface area contributed by atoms with E-state index in [1.165, 1.54) is 0 Å². The maximum absolute atomic E-state index is 13.0. The molecule has 1 aromatic heterocycles. The Morgan fingerprint density at radius 3 is 2.27 bits per heavy atom. The second-order valence-corrected chi connectivity index (χ2v) is 8.94. The van der Waals surface area contributed by atoms with Crippen molar-refractivity contribution in [2.75, 3.05) is 12.4 Å². The summed E-state index contributed by atoms with van der Waals surface area (Å²) in [5.74, 6) is 0.440. The first-order valence-corrected chi connectivity index (χ1v) is 10.9. The molecule has 6 nitrogen and oxygen atoms in total. The van der Waals surface area contributed by atoms with Crippen LogP contribution >= 0.6 is 22.6 Å². The number of carbonyl (C=O) groups excluding carboxylic acids is 1. The van der Waals surface area contributed by atoms with Gasteiger partial charge in [-0.2, -0.15) is 0 Å². The average Bonchev–Trinajstić information content (AvgIpc) is 2.72. The van der Waals surface area contributed by atoms with Crippen LogP contribution in [0, 0.1) is 0 Å². The first-order valence-electron chi connectivity index (χ1n) is 8.98. The van der Waals surface area contributed by atoms with Crippen LogP contribution < -0.4 is 20.1 Å². The molecular formula is C20H19ClF5N3O3S. The molecule has 1 heterocycles. The largest absolute Gasteiger partial charge is 0.495 e. The van der Waals surface area contributed by atoms with Crippen molar-refractivity contribution in [1.29, 1.82) is 0 Å². The zero-order chi connectivity index (χ0) is 23.5. The van der Waals surface area contributed by atoms with Crippen LogP contribution in [0.4, 0.5) is 29.9 Å². The second-order valence-electron chi connectivity index (χ2n) is 6.53. The summed E-state index contributed by atoms with van der Waals surface area (Å²) < 4.78 is 75.4. The maximum Gasteiger partial charge on any atom is 0.319 e. The van der Waals surface area contributed by atoms with Crippen molar-refractivity contribution in [2.45, 2.75) is 11.4 Å². The Kier molecular flexibility index (Phi) is 7.05. The van der Waals surface area contributed by atoms with E-state index in [-0.39, 0.29) is 36.8 Å². The Bertz CT molecular complexity index is 1140. The topological polar surface area (TPSA) is 72.5 Å². The molecule has 2 amide bonds. The van der Waals surface area contributed by atoms with Gasteiger partial charge in [0.05, 0.1) is 12.8 Å². The maximum atomic E-state index is 13.0. The Morgan fingerprint density at radius 2 is 1.64 bits per heavy atom. The summed E-state index contributed by atoms with van der Waals surface area (Å²) in [4.78, 5) is 14.0. The minimum absolute atomic E-state index is 0. The molecule has 2 aromatic carbocycles. The molecule has 0 aliphatic carbocycles. The predicted octanol–water partition coefficient (Wildman–Crippen LogP) is 7.28. The number of carbonyl (C=O) groups is 1. The SMILES string of the molecule is COc1cc(S(F)(F)(F)(F)F)ccc1NC(=O)NCc1ccccc1Oc1ccncc1.Cl. The van der Waals surface area contributed by atoms with Gasteiger partial charge < -0.3 is 20.1 Å². The molecule has 0 bridgehead atoms. The number of urea groups is 1. The molecule has 0 saturated heterocycles. The number of halogens is 6. The van der Waals surface area contributed by atoms with Gasteiger partial charge in [0.2, 0.25) is 0 Å².